The van der Waals surface area contributed by atoms with E-state index in [2.05, 4.69) is 22.9 Å². The molecule has 0 spiro atoms. The molecule has 0 saturated heterocycles. The molecular weight excluding hydrogens is 166 g/mol. The number of carbonyl (C=O) groups is 1. The third kappa shape index (κ3) is 9.30. The Morgan fingerprint density at radius 2 is 2.00 bits per heavy atom. The lowest BCUT2D eigenvalue weighted by molar-refractivity contribution is -0.121. The number of hydrogen-bond acceptors (Lipinski definition) is 3. The number of likely N-dealkylation sites (N-methyl/N-ethyl adjacent to an activating group) is 1. The van der Waals surface area contributed by atoms with E-state index in [4.69, 9.17) is 0 Å². The second-order valence-electron chi connectivity index (χ2n) is 2.91. The molecule has 0 bridgehead atoms. The average Bonchev–Trinajstić information content (AvgIpc) is 2.13. The Kier molecular flexibility index (Phi) is 9.03. The monoisotopic (exact) mass is 187 g/mol. The van der Waals surface area contributed by atoms with Crippen molar-refractivity contribution in [1.82, 2.24) is 16.0 Å². The third-order valence-electron chi connectivity index (χ3n) is 1.70. The maximum Gasteiger partial charge on any atom is 0.220 e. The number of nitrogens with one attached hydrogen (secondary N) is 3. The molecule has 0 saturated carbocycles. The summed E-state index contributed by atoms with van der Waals surface area (Å²) in [4.78, 5) is 11.1. The highest BCUT2D eigenvalue weighted by molar-refractivity contribution is 5.75. The molecule has 13 heavy (non-hydrogen) atoms. The summed E-state index contributed by atoms with van der Waals surface area (Å²) in [5, 5.41) is 9.00. The quantitative estimate of drug-likeness (QED) is 0.458. The van der Waals surface area contributed by atoms with Crippen LogP contribution < -0.4 is 16.0 Å². The Hall–Kier alpha value is -0.610. The Labute approximate surface area is 80.5 Å². The van der Waals surface area contributed by atoms with Gasteiger partial charge in [0.2, 0.25) is 5.91 Å². The Morgan fingerprint density at radius 1 is 1.23 bits per heavy atom. The predicted molar refractivity (Wildman–Crippen MR) is 54.7 cm³/mol. The molecule has 4 heteroatoms. The summed E-state index contributed by atoms with van der Waals surface area (Å²) >= 11 is 0. The molecule has 1 amide bonds. The van der Waals surface area contributed by atoms with Gasteiger partial charge in [-0.05, 0) is 26.6 Å². The largest absolute Gasteiger partial charge is 0.355 e. The molecule has 0 unspecified atom stereocenters. The van der Waals surface area contributed by atoms with Gasteiger partial charge in [-0.3, -0.25) is 4.79 Å². The minimum absolute atomic E-state index is 0.146. The van der Waals surface area contributed by atoms with Gasteiger partial charge in [0.15, 0.2) is 0 Å². The molecule has 0 aromatic rings. The minimum Gasteiger partial charge on any atom is -0.355 e. The van der Waals surface area contributed by atoms with Crippen LogP contribution in [0.25, 0.3) is 0 Å². The van der Waals surface area contributed by atoms with Crippen LogP contribution in [0.3, 0.4) is 0 Å². The Balaban J connectivity index is 3.11. The summed E-state index contributed by atoms with van der Waals surface area (Å²) in [5.74, 6) is 0.146. The van der Waals surface area contributed by atoms with Gasteiger partial charge in [-0.1, -0.05) is 6.92 Å². The van der Waals surface area contributed by atoms with Crippen molar-refractivity contribution in [2.24, 2.45) is 0 Å². The first-order valence-electron chi connectivity index (χ1n) is 4.93. The van der Waals surface area contributed by atoms with E-state index in [-0.39, 0.29) is 5.91 Å². The zero-order valence-electron chi connectivity index (χ0n) is 8.65. The molecule has 0 atom stereocenters. The second kappa shape index (κ2) is 9.48. The summed E-state index contributed by atoms with van der Waals surface area (Å²) in [6.45, 7) is 5.49. The Bertz CT molecular complexity index is 128. The van der Waals surface area contributed by atoms with Crippen molar-refractivity contribution in [3.63, 3.8) is 0 Å². The van der Waals surface area contributed by atoms with Crippen molar-refractivity contribution >= 4 is 5.91 Å². The number of rotatable bonds is 8. The van der Waals surface area contributed by atoms with Crippen molar-refractivity contribution in [3.05, 3.63) is 0 Å². The van der Waals surface area contributed by atoms with Crippen molar-refractivity contribution in [2.45, 2.75) is 19.8 Å². The van der Waals surface area contributed by atoms with E-state index in [1.807, 2.05) is 7.05 Å². The van der Waals surface area contributed by atoms with Gasteiger partial charge in [-0.15, -0.1) is 0 Å². The average molecular weight is 187 g/mol. The van der Waals surface area contributed by atoms with Crippen LogP contribution in [0.2, 0.25) is 0 Å². The van der Waals surface area contributed by atoms with Crippen molar-refractivity contribution < 1.29 is 4.79 Å². The second-order valence-corrected chi connectivity index (χ2v) is 2.91. The van der Waals surface area contributed by atoms with Gasteiger partial charge in [0.1, 0.15) is 0 Å². The summed E-state index contributed by atoms with van der Waals surface area (Å²) in [6.07, 6.45) is 1.52. The van der Waals surface area contributed by atoms with E-state index in [1.54, 1.807) is 0 Å². The van der Waals surface area contributed by atoms with Gasteiger partial charge in [0.05, 0.1) is 0 Å². The van der Waals surface area contributed by atoms with Crippen LogP contribution in [0.1, 0.15) is 19.8 Å². The molecule has 0 heterocycles. The van der Waals surface area contributed by atoms with Crippen LogP contribution in [0.5, 0.6) is 0 Å². The molecule has 78 valence electrons. The van der Waals surface area contributed by atoms with E-state index in [1.165, 1.54) is 0 Å². The molecule has 0 rings (SSSR count). The highest BCUT2D eigenvalue weighted by Crippen LogP contribution is 1.85. The zero-order valence-corrected chi connectivity index (χ0v) is 8.65. The zero-order chi connectivity index (χ0) is 9.94. The van der Waals surface area contributed by atoms with E-state index in [0.29, 0.717) is 6.42 Å². The normalized spacial score (nSPS) is 10.0. The lowest BCUT2D eigenvalue weighted by atomic mass is 10.3. The van der Waals surface area contributed by atoms with Crippen LogP contribution in [0, 0.1) is 0 Å². The minimum atomic E-state index is 0.146. The molecule has 0 fully saturated rings. The van der Waals surface area contributed by atoms with Crippen LogP contribution >= 0.6 is 0 Å². The number of carbonyl (C=O) groups excluding carboxylic acids is 1. The fourth-order valence-electron chi connectivity index (χ4n) is 0.981. The maximum absolute atomic E-state index is 11.1. The molecule has 4 nitrogen and oxygen atoms in total. The van der Waals surface area contributed by atoms with Gasteiger partial charge in [-0.2, -0.15) is 0 Å². The number of amides is 1. The molecule has 0 aromatic carbocycles. The lowest BCUT2D eigenvalue weighted by Crippen LogP contribution is -2.31. The first-order chi connectivity index (χ1) is 6.31. The molecule has 0 aliphatic heterocycles. The van der Waals surface area contributed by atoms with Gasteiger partial charge >= 0.3 is 0 Å². The topological polar surface area (TPSA) is 53.2 Å². The molecule has 0 radical (unpaired) electrons. The summed E-state index contributed by atoms with van der Waals surface area (Å²) < 4.78 is 0. The molecule has 0 aliphatic rings. The van der Waals surface area contributed by atoms with E-state index in [9.17, 15) is 4.79 Å². The summed E-state index contributed by atoms with van der Waals surface area (Å²) in [6, 6.07) is 0. The van der Waals surface area contributed by atoms with Crippen LogP contribution in [-0.4, -0.2) is 39.1 Å². The van der Waals surface area contributed by atoms with Crippen molar-refractivity contribution in [3.8, 4) is 0 Å². The molecule has 0 aliphatic carbocycles. The van der Waals surface area contributed by atoms with Crippen LogP contribution in [0.15, 0.2) is 0 Å². The maximum atomic E-state index is 11.1. The number of hydrogen-bond donors (Lipinski definition) is 3. The first kappa shape index (κ1) is 12.4. The van der Waals surface area contributed by atoms with Crippen LogP contribution in [-0.2, 0) is 4.79 Å². The predicted octanol–water partition coefficient (Wildman–Crippen LogP) is -0.288. The molecule has 0 aromatic heterocycles. The van der Waals surface area contributed by atoms with Gasteiger partial charge < -0.3 is 16.0 Å². The Morgan fingerprint density at radius 3 is 2.62 bits per heavy atom. The fraction of sp³-hybridized carbons (Fsp3) is 0.889. The standard InChI is InChI=1S/C9H21N3O/c1-3-11-7-8-12-9(13)5-4-6-10-2/h10-11H,3-8H2,1-2H3,(H,12,13). The van der Waals surface area contributed by atoms with E-state index >= 15 is 0 Å². The van der Waals surface area contributed by atoms with E-state index < -0.39 is 0 Å². The van der Waals surface area contributed by atoms with E-state index in [0.717, 1.165) is 32.6 Å². The lowest BCUT2D eigenvalue weighted by Gasteiger charge is -2.04. The highest BCUT2D eigenvalue weighted by Gasteiger charge is 1.98. The van der Waals surface area contributed by atoms with Crippen molar-refractivity contribution in [1.29, 1.82) is 0 Å². The third-order valence-corrected chi connectivity index (χ3v) is 1.70. The SMILES string of the molecule is CCNCCNC(=O)CCCNC. The van der Waals surface area contributed by atoms with Crippen molar-refractivity contribution in [2.75, 3.05) is 33.2 Å². The smallest absolute Gasteiger partial charge is 0.220 e. The van der Waals surface area contributed by atoms with Gasteiger partial charge in [0.25, 0.3) is 0 Å². The van der Waals surface area contributed by atoms with Gasteiger partial charge in [-0.25, -0.2) is 0 Å². The molecular formula is C9H21N3O. The summed E-state index contributed by atoms with van der Waals surface area (Å²) in [5.41, 5.74) is 0. The summed E-state index contributed by atoms with van der Waals surface area (Å²) in [7, 11) is 1.89. The highest BCUT2D eigenvalue weighted by atomic mass is 16.1. The first-order valence-corrected chi connectivity index (χ1v) is 4.93. The van der Waals surface area contributed by atoms with Gasteiger partial charge in [0, 0.05) is 19.5 Å². The van der Waals surface area contributed by atoms with Crippen LogP contribution in [0.4, 0.5) is 0 Å². The molecule has 3 N–H and O–H groups in total. The fourth-order valence-corrected chi connectivity index (χ4v) is 0.981.